The number of esters is 3. The molecule has 606 valence electrons. The maximum Gasteiger partial charge on any atom is 0.472 e. The van der Waals surface area contributed by atoms with Gasteiger partial charge in [-0.15, -0.1) is 0 Å². The van der Waals surface area contributed by atoms with E-state index in [1.165, 1.54) is 167 Å². The fourth-order valence-corrected chi connectivity index (χ4v) is 14.6. The van der Waals surface area contributed by atoms with Gasteiger partial charge in [0.2, 0.25) is 0 Å². The smallest absolute Gasteiger partial charge is 0.463 e. The van der Waals surface area contributed by atoms with Crippen molar-refractivity contribution in [1.82, 2.24) is 0 Å². The molecule has 2 heterocycles. The van der Waals surface area contributed by atoms with Crippen LogP contribution in [-0.2, 0) is 61.2 Å². The zero-order valence-electron chi connectivity index (χ0n) is 63.6. The molecule has 0 aromatic rings. The Kier molecular flexibility index (Phi) is 54.9. The Morgan fingerprint density at radius 3 is 1.06 bits per heavy atom. The third-order valence-electron chi connectivity index (χ3n) is 20.3. The van der Waals surface area contributed by atoms with Gasteiger partial charge in [0.15, 0.2) is 18.7 Å². The molecule has 0 spiro atoms. The van der Waals surface area contributed by atoms with Gasteiger partial charge in [0, 0.05) is 19.3 Å². The van der Waals surface area contributed by atoms with Gasteiger partial charge in [-0.1, -0.05) is 283 Å². The van der Waals surface area contributed by atoms with Crippen LogP contribution >= 0.6 is 7.82 Å². The summed E-state index contributed by atoms with van der Waals surface area (Å²) in [6.07, 6.45) is 20.9. The third kappa shape index (κ3) is 41.9. The van der Waals surface area contributed by atoms with Crippen LogP contribution in [-0.4, -0.2) is 204 Å². The average Bonchev–Trinajstić information content (AvgIpc) is 0.761. The van der Waals surface area contributed by atoms with Crippen molar-refractivity contribution in [3.63, 3.8) is 0 Å². The monoisotopic (exact) mass is 1500 g/mol. The Morgan fingerprint density at radius 2 is 0.680 bits per heavy atom. The Labute approximate surface area is 618 Å². The molecular formula is C78H145O24P. The Balaban J connectivity index is 1.70. The maximum absolute atomic E-state index is 14.4. The largest absolute Gasteiger partial charge is 0.472 e. The molecule has 0 amide bonds. The lowest BCUT2D eigenvalue weighted by Gasteiger charge is -2.49. The highest BCUT2D eigenvalue weighted by Crippen LogP contribution is 2.49. The lowest BCUT2D eigenvalue weighted by atomic mass is 9.84. The summed E-state index contributed by atoms with van der Waals surface area (Å²) >= 11 is 0. The van der Waals surface area contributed by atoms with Gasteiger partial charge in [-0.2, -0.15) is 0 Å². The molecule has 103 heavy (non-hydrogen) atoms. The Hall–Kier alpha value is -2.30. The van der Waals surface area contributed by atoms with Crippen LogP contribution in [0.1, 0.15) is 335 Å². The van der Waals surface area contributed by atoms with Gasteiger partial charge in [-0.25, -0.2) is 4.57 Å². The van der Waals surface area contributed by atoms with E-state index in [0.717, 1.165) is 109 Å². The van der Waals surface area contributed by atoms with Crippen LogP contribution in [0.3, 0.4) is 0 Å². The van der Waals surface area contributed by atoms with E-state index >= 15 is 0 Å². The quantitative estimate of drug-likeness (QED) is 0.00886. The van der Waals surface area contributed by atoms with E-state index in [-0.39, 0.29) is 19.3 Å². The first-order valence-electron chi connectivity index (χ1n) is 41.0. The number of carbonyl (C=O) groups is 3. The molecular weight excluding hydrogens is 1350 g/mol. The molecule has 0 radical (unpaired) electrons. The van der Waals surface area contributed by atoms with Crippen LogP contribution in [0.15, 0.2) is 12.2 Å². The maximum atomic E-state index is 14.4. The van der Waals surface area contributed by atoms with E-state index in [2.05, 4.69) is 32.9 Å². The van der Waals surface area contributed by atoms with E-state index in [1.807, 2.05) is 0 Å². The van der Waals surface area contributed by atoms with Gasteiger partial charge in [0.25, 0.3) is 0 Å². The van der Waals surface area contributed by atoms with Crippen molar-refractivity contribution in [2.45, 2.75) is 440 Å². The first kappa shape index (κ1) is 94.9. The highest BCUT2D eigenvalue weighted by Gasteiger charge is 2.58. The van der Waals surface area contributed by atoms with Gasteiger partial charge in [-0.05, 0) is 44.9 Å². The van der Waals surface area contributed by atoms with Gasteiger partial charge in [-0.3, -0.25) is 23.4 Å². The predicted molar refractivity (Wildman–Crippen MR) is 393 cm³/mol. The number of rotatable bonds is 65. The first-order chi connectivity index (χ1) is 49.8. The van der Waals surface area contributed by atoms with Crippen LogP contribution in [0.4, 0.5) is 0 Å². The first-order valence-corrected chi connectivity index (χ1v) is 42.5. The summed E-state index contributed by atoms with van der Waals surface area (Å²) in [5.41, 5.74) is 0. The molecule has 24 nitrogen and oxygen atoms in total. The number of ether oxygens (including phenoxy) is 7. The number of allylic oxidation sites excluding steroid dienone is 2. The number of aliphatic hydroxyl groups is 10. The summed E-state index contributed by atoms with van der Waals surface area (Å²) in [6, 6.07) is 0. The van der Waals surface area contributed by atoms with Crippen molar-refractivity contribution in [3.8, 4) is 0 Å². The highest BCUT2D eigenvalue weighted by atomic mass is 31.2. The number of hydrogen-bond acceptors (Lipinski definition) is 23. The van der Waals surface area contributed by atoms with E-state index in [4.69, 9.17) is 42.2 Å². The summed E-state index contributed by atoms with van der Waals surface area (Å²) < 4.78 is 65.2. The molecule has 3 aliphatic rings. The predicted octanol–water partition coefficient (Wildman–Crippen LogP) is 12.7. The minimum absolute atomic E-state index is 0.0249. The zero-order valence-corrected chi connectivity index (χ0v) is 64.5. The van der Waals surface area contributed by atoms with E-state index in [1.54, 1.807) is 0 Å². The molecule has 3 fully saturated rings. The lowest BCUT2D eigenvalue weighted by molar-refractivity contribution is -0.360. The number of hydrogen-bond donors (Lipinski definition) is 11. The van der Waals surface area contributed by atoms with Crippen LogP contribution < -0.4 is 0 Å². The number of phosphoric acid groups is 1. The van der Waals surface area contributed by atoms with Gasteiger partial charge >= 0.3 is 25.7 Å². The molecule has 3 rings (SSSR count). The number of unbranched alkanes of at least 4 members (excludes halogenated alkanes) is 42. The van der Waals surface area contributed by atoms with Crippen LogP contribution in [0, 0.1) is 0 Å². The lowest BCUT2D eigenvalue weighted by Crippen LogP contribution is -2.69. The SMILES string of the molecule is CCCCCC/C=C\CCCCCCCCCC(=O)OCC1OC(OC2C(O)C(O)C(O)C(OC3OC(CO)C(O)C(O)C3O)C2OP(=O)(O)OCC(COC(=O)CCCCCCCCCCCCCCCCCC)OC(=O)CCCCCCCCCCCCCCCCCCC)C(O)C(O)C1O. The zero-order chi connectivity index (χ0) is 75.3. The Bertz CT molecular complexity index is 2160. The van der Waals surface area contributed by atoms with Crippen LogP contribution in [0.25, 0.3) is 0 Å². The standard InChI is InChI=1S/C78H145O24P/c1-4-7-10-13-16-19-22-25-28-30-33-36-39-42-45-48-51-54-64(82)97-59(56-94-62(80)52-49-46-43-40-37-35-32-29-26-23-20-17-14-11-8-5-2)57-96-103(92,93)102-76-74(100-77-72(90)67(85)65(83)60(55-79)98-77)70(88)69(87)71(89)75(76)101-78-73(91)68(86)66(84)61(99-78)58-95-63(81)53-50-47-44-41-38-34-31-27-24-21-18-15-12-9-6-3/h21,24,59-61,65-79,83-91H,4-20,22-23,25-58H2,1-3H3,(H,92,93)/b24-21-. The second-order valence-corrected chi connectivity index (χ2v) is 30.9. The summed E-state index contributed by atoms with van der Waals surface area (Å²) in [6.45, 7) is 3.49. The fourth-order valence-electron chi connectivity index (χ4n) is 13.6. The van der Waals surface area contributed by atoms with E-state index in [9.17, 15) is 74.9 Å². The molecule has 18 unspecified atom stereocenters. The highest BCUT2D eigenvalue weighted by molar-refractivity contribution is 7.47. The second kappa shape index (κ2) is 59.6. The molecule has 2 aliphatic heterocycles. The van der Waals surface area contributed by atoms with Gasteiger partial charge < -0.3 is 89.1 Å². The van der Waals surface area contributed by atoms with Gasteiger partial charge in [0.05, 0.1) is 13.2 Å². The van der Waals surface area contributed by atoms with Crippen LogP contribution in [0.2, 0.25) is 0 Å². The Morgan fingerprint density at radius 1 is 0.369 bits per heavy atom. The second-order valence-electron chi connectivity index (χ2n) is 29.5. The molecule has 2 saturated heterocycles. The van der Waals surface area contributed by atoms with Crippen molar-refractivity contribution < 1.29 is 117 Å². The van der Waals surface area contributed by atoms with Crippen molar-refractivity contribution in [1.29, 1.82) is 0 Å². The molecule has 0 bridgehead atoms. The minimum Gasteiger partial charge on any atom is -0.463 e. The molecule has 25 heteroatoms. The van der Waals surface area contributed by atoms with Crippen molar-refractivity contribution >= 4 is 25.7 Å². The van der Waals surface area contributed by atoms with Gasteiger partial charge in [0.1, 0.15) is 98.7 Å². The van der Waals surface area contributed by atoms with Crippen molar-refractivity contribution in [2.24, 2.45) is 0 Å². The minimum atomic E-state index is -5.70. The molecule has 0 aromatic carbocycles. The third-order valence-corrected chi connectivity index (χ3v) is 21.3. The topological polar surface area (TPSA) is 374 Å². The molecule has 11 N–H and O–H groups in total. The molecule has 1 saturated carbocycles. The molecule has 18 atom stereocenters. The fraction of sp³-hybridized carbons (Fsp3) is 0.936. The average molecular weight is 1500 g/mol. The molecule has 0 aromatic heterocycles. The normalized spacial score (nSPS) is 26.9. The van der Waals surface area contributed by atoms with Crippen LogP contribution in [0.5, 0.6) is 0 Å². The van der Waals surface area contributed by atoms with Crippen molar-refractivity contribution in [3.05, 3.63) is 12.2 Å². The number of phosphoric ester groups is 1. The number of carbonyl (C=O) groups excluding carboxylic acids is 3. The summed E-state index contributed by atoms with van der Waals surface area (Å²) in [5, 5.41) is 110. The van der Waals surface area contributed by atoms with Crippen molar-refractivity contribution in [2.75, 3.05) is 26.4 Å². The summed E-state index contributed by atoms with van der Waals surface area (Å²) in [5.74, 6) is -1.97. The van der Waals surface area contributed by atoms with E-state index < -0.39 is 156 Å². The summed E-state index contributed by atoms with van der Waals surface area (Å²) in [7, 11) is -5.70. The number of aliphatic hydroxyl groups excluding tert-OH is 10. The molecule has 1 aliphatic carbocycles. The summed E-state index contributed by atoms with van der Waals surface area (Å²) in [4.78, 5) is 51.2. The van der Waals surface area contributed by atoms with E-state index in [0.29, 0.717) is 19.3 Å².